The molecule has 1 fully saturated rings. The summed E-state index contributed by atoms with van der Waals surface area (Å²) >= 11 is 4.80. The molecule has 1 aromatic rings. The van der Waals surface area contributed by atoms with Crippen LogP contribution in [0.15, 0.2) is 9.85 Å². The van der Waals surface area contributed by atoms with E-state index in [0.717, 1.165) is 9.35 Å². The van der Waals surface area contributed by atoms with Crippen molar-refractivity contribution in [2.75, 3.05) is 6.54 Å². The number of aliphatic carboxylic acids is 1. The summed E-state index contributed by atoms with van der Waals surface area (Å²) in [6.45, 7) is 4.26. The second kappa shape index (κ2) is 5.01. The zero-order valence-corrected chi connectivity index (χ0v) is 12.5. The van der Waals surface area contributed by atoms with Crippen molar-refractivity contribution in [1.29, 1.82) is 0 Å². The van der Waals surface area contributed by atoms with E-state index in [1.54, 1.807) is 11.8 Å². The van der Waals surface area contributed by atoms with Crippen LogP contribution in [0.3, 0.4) is 0 Å². The molecule has 18 heavy (non-hydrogen) atoms. The minimum Gasteiger partial charge on any atom is -0.481 e. The Labute approximate surface area is 118 Å². The summed E-state index contributed by atoms with van der Waals surface area (Å²) < 4.78 is 0.951. The Bertz CT molecular complexity index is 480. The van der Waals surface area contributed by atoms with E-state index in [0.29, 0.717) is 17.8 Å². The third-order valence-corrected chi connectivity index (χ3v) is 5.53. The van der Waals surface area contributed by atoms with Crippen LogP contribution in [-0.2, 0) is 4.79 Å². The lowest BCUT2D eigenvalue weighted by Crippen LogP contribution is -2.37. The Kier molecular flexibility index (Phi) is 3.77. The number of hydrogen-bond acceptors (Lipinski definition) is 3. The van der Waals surface area contributed by atoms with Gasteiger partial charge in [-0.1, -0.05) is 0 Å². The lowest BCUT2D eigenvalue weighted by atomic mass is 10.0. The largest absolute Gasteiger partial charge is 0.481 e. The Balaban J connectivity index is 2.18. The molecular weight excluding hydrogens is 318 g/mol. The molecule has 4 nitrogen and oxygen atoms in total. The molecule has 1 N–H and O–H groups in total. The number of carbonyl (C=O) groups is 2. The Morgan fingerprint density at radius 3 is 2.67 bits per heavy atom. The van der Waals surface area contributed by atoms with Crippen molar-refractivity contribution in [3.05, 3.63) is 20.3 Å². The van der Waals surface area contributed by atoms with E-state index in [1.807, 2.05) is 13.0 Å². The van der Waals surface area contributed by atoms with E-state index >= 15 is 0 Å². The number of carbonyl (C=O) groups excluding carboxylic acids is 1. The zero-order valence-electron chi connectivity index (χ0n) is 10.1. The molecule has 2 heterocycles. The number of aryl methyl sites for hydroxylation is 1. The van der Waals surface area contributed by atoms with Crippen LogP contribution in [0.25, 0.3) is 0 Å². The number of nitrogens with zero attached hydrogens (tertiary/aromatic N) is 1. The van der Waals surface area contributed by atoms with Crippen molar-refractivity contribution in [2.24, 2.45) is 5.92 Å². The lowest BCUT2D eigenvalue weighted by Gasteiger charge is -2.22. The molecule has 2 atom stereocenters. The lowest BCUT2D eigenvalue weighted by molar-refractivity contribution is -0.142. The highest BCUT2D eigenvalue weighted by Gasteiger charge is 2.38. The van der Waals surface area contributed by atoms with Gasteiger partial charge in [0.2, 0.25) is 0 Å². The molecule has 1 aliphatic heterocycles. The molecule has 1 aliphatic rings. The van der Waals surface area contributed by atoms with E-state index in [-0.39, 0.29) is 11.9 Å². The van der Waals surface area contributed by atoms with Gasteiger partial charge in [-0.05, 0) is 47.8 Å². The minimum atomic E-state index is -0.818. The molecular formula is C12H14BrNO3S. The summed E-state index contributed by atoms with van der Waals surface area (Å²) in [6, 6.07) is 1.61. The van der Waals surface area contributed by atoms with Crippen LogP contribution in [0.5, 0.6) is 0 Å². The van der Waals surface area contributed by atoms with Crippen LogP contribution >= 0.6 is 27.3 Å². The number of hydrogen-bond donors (Lipinski definition) is 1. The molecule has 0 bridgehead atoms. The average Bonchev–Trinajstić information content (AvgIpc) is 2.82. The van der Waals surface area contributed by atoms with Gasteiger partial charge in [0.15, 0.2) is 0 Å². The van der Waals surface area contributed by atoms with Gasteiger partial charge in [0, 0.05) is 12.6 Å². The fraction of sp³-hybridized carbons (Fsp3) is 0.500. The van der Waals surface area contributed by atoms with Gasteiger partial charge in [-0.2, -0.15) is 0 Å². The second-order valence-corrected chi connectivity index (χ2v) is 6.91. The van der Waals surface area contributed by atoms with Crippen molar-refractivity contribution in [2.45, 2.75) is 26.3 Å². The Hall–Kier alpha value is -0.880. The van der Waals surface area contributed by atoms with E-state index in [2.05, 4.69) is 15.9 Å². The van der Waals surface area contributed by atoms with Crippen molar-refractivity contribution in [3.63, 3.8) is 0 Å². The number of rotatable bonds is 2. The third kappa shape index (κ3) is 2.31. The maximum absolute atomic E-state index is 12.3. The fourth-order valence-corrected chi connectivity index (χ4v) is 3.75. The predicted molar refractivity (Wildman–Crippen MR) is 73.0 cm³/mol. The standard InChI is InChI=1S/C12H14BrNO3S/c1-6-5-9(18-10(6)13)11(15)14-4-3-8(7(14)2)12(16)17/h5,7-8H,3-4H2,1-2H3,(H,16,17). The van der Waals surface area contributed by atoms with E-state index in [9.17, 15) is 9.59 Å². The van der Waals surface area contributed by atoms with Crippen molar-refractivity contribution < 1.29 is 14.7 Å². The van der Waals surface area contributed by atoms with E-state index < -0.39 is 11.9 Å². The number of likely N-dealkylation sites (tertiary alicyclic amines) is 1. The fourth-order valence-electron chi connectivity index (χ4n) is 2.26. The number of halogens is 1. The minimum absolute atomic E-state index is 0.0648. The molecule has 1 amide bonds. The van der Waals surface area contributed by atoms with Crippen LogP contribution in [0.2, 0.25) is 0 Å². The van der Waals surface area contributed by atoms with Gasteiger partial charge in [0.1, 0.15) is 0 Å². The van der Waals surface area contributed by atoms with Crippen molar-refractivity contribution in [3.8, 4) is 0 Å². The van der Waals surface area contributed by atoms with Crippen LogP contribution < -0.4 is 0 Å². The summed E-state index contributed by atoms with van der Waals surface area (Å²) in [6.07, 6.45) is 0.535. The van der Waals surface area contributed by atoms with Gasteiger partial charge >= 0.3 is 5.97 Å². The number of carboxylic acid groups (broad SMARTS) is 1. The van der Waals surface area contributed by atoms with E-state index in [4.69, 9.17) is 5.11 Å². The molecule has 0 aliphatic carbocycles. The summed E-state index contributed by atoms with van der Waals surface area (Å²) in [5.41, 5.74) is 1.03. The van der Waals surface area contributed by atoms with Gasteiger partial charge in [0.05, 0.1) is 14.6 Å². The SMILES string of the molecule is Cc1cc(C(=O)N2CCC(C(=O)O)C2C)sc1Br. The summed E-state index contributed by atoms with van der Waals surface area (Å²) in [7, 11) is 0. The van der Waals surface area contributed by atoms with Crippen LogP contribution in [0.1, 0.15) is 28.6 Å². The normalized spacial score (nSPS) is 23.4. The van der Waals surface area contributed by atoms with Gasteiger partial charge in [0.25, 0.3) is 5.91 Å². The Morgan fingerprint density at radius 2 is 2.22 bits per heavy atom. The van der Waals surface area contributed by atoms with E-state index in [1.165, 1.54) is 11.3 Å². The quantitative estimate of drug-likeness (QED) is 0.906. The smallest absolute Gasteiger partial charge is 0.308 e. The molecule has 6 heteroatoms. The van der Waals surface area contributed by atoms with Gasteiger partial charge in [-0.15, -0.1) is 11.3 Å². The van der Waals surface area contributed by atoms with Crippen LogP contribution in [0, 0.1) is 12.8 Å². The Morgan fingerprint density at radius 1 is 1.56 bits per heavy atom. The molecule has 0 spiro atoms. The highest BCUT2D eigenvalue weighted by molar-refractivity contribution is 9.11. The topological polar surface area (TPSA) is 57.6 Å². The molecule has 0 radical (unpaired) electrons. The molecule has 2 rings (SSSR count). The first-order valence-electron chi connectivity index (χ1n) is 5.71. The first kappa shape index (κ1) is 13.5. The molecule has 98 valence electrons. The molecule has 2 unspecified atom stereocenters. The zero-order chi connectivity index (χ0) is 13.4. The molecule has 0 aromatic carbocycles. The highest BCUT2D eigenvalue weighted by atomic mass is 79.9. The molecule has 1 aromatic heterocycles. The van der Waals surface area contributed by atoms with Crippen molar-refractivity contribution >= 4 is 39.1 Å². The number of amides is 1. The first-order valence-corrected chi connectivity index (χ1v) is 7.32. The average molecular weight is 332 g/mol. The summed E-state index contributed by atoms with van der Waals surface area (Å²) in [5, 5.41) is 9.06. The maximum Gasteiger partial charge on any atom is 0.308 e. The number of carboxylic acids is 1. The summed E-state index contributed by atoms with van der Waals surface area (Å²) in [4.78, 5) is 25.7. The second-order valence-electron chi connectivity index (χ2n) is 4.54. The highest BCUT2D eigenvalue weighted by Crippen LogP contribution is 2.31. The molecule has 0 saturated carbocycles. The number of thiophene rings is 1. The van der Waals surface area contributed by atoms with Crippen LogP contribution in [0.4, 0.5) is 0 Å². The molecule has 1 saturated heterocycles. The monoisotopic (exact) mass is 331 g/mol. The first-order chi connectivity index (χ1) is 8.41. The third-order valence-electron chi connectivity index (χ3n) is 3.40. The van der Waals surface area contributed by atoms with Gasteiger partial charge in [-0.3, -0.25) is 9.59 Å². The van der Waals surface area contributed by atoms with Crippen LogP contribution in [-0.4, -0.2) is 34.5 Å². The summed E-state index contributed by atoms with van der Waals surface area (Å²) in [5.74, 6) is -1.33. The van der Waals surface area contributed by atoms with Gasteiger partial charge < -0.3 is 10.0 Å². The van der Waals surface area contributed by atoms with Crippen molar-refractivity contribution in [1.82, 2.24) is 4.90 Å². The van der Waals surface area contributed by atoms with Gasteiger partial charge in [-0.25, -0.2) is 0 Å². The predicted octanol–water partition coefficient (Wildman–Crippen LogP) is 2.75. The maximum atomic E-state index is 12.3.